The molecule has 2 aliphatic heterocycles. The molecule has 0 aliphatic carbocycles. The Labute approximate surface area is 172 Å². The Balaban J connectivity index is 0.00000280. The van der Waals surface area contributed by atoms with Crippen molar-refractivity contribution >= 4 is 28.3 Å². The maximum atomic E-state index is 13.0. The van der Waals surface area contributed by atoms with Gasteiger partial charge < -0.3 is 19.7 Å². The second-order valence-corrected chi connectivity index (χ2v) is 8.67. The number of piperazine rings is 1. The predicted molar refractivity (Wildman–Crippen MR) is 107 cm³/mol. The van der Waals surface area contributed by atoms with Crippen LogP contribution in [0.15, 0.2) is 29.2 Å². The van der Waals surface area contributed by atoms with Crippen LogP contribution in [0.3, 0.4) is 0 Å². The van der Waals surface area contributed by atoms with Gasteiger partial charge in [-0.15, -0.1) is 12.4 Å². The van der Waals surface area contributed by atoms with E-state index in [1.807, 2.05) is 4.90 Å². The summed E-state index contributed by atoms with van der Waals surface area (Å²) >= 11 is 0. The van der Waals surface area contributed by atoms with Gasteiger partial charge >= 0.3 is 0 Å². The van der Waals surface area contributed by atoms with Crippen LogP contribution in [0.1, 0.15) is 12.8 Å². The van der Waals surface area contributed by atoms with Crippen LogP contribution < -0.4 is 10.1 Å². The fraction of sp³-hybridized carbons (Fsp3) is 0.611. The third-order valence-electron chi connectivity index (χ3n) is 4.94. The normalized spacial score (nSPS) is 21.2. The van der Waals surface area contributed by atoms with E-state index in [0.29, 0.717) is 45.1 Å². The minimum absolute atomic E-state index is 0. The van der Waals surface area contributed by atoms with Crippen molar-refractivity contribution in [2.75, 3.05) is 53.0 Å². The first-order valence-electron chi connectivity index (χ1n) is 9.24. The summed E-state index contributed by atoms with van der Waals surface area (Å²) in [4.78, 5) is 14.2. The molecular weight excluding hydrogens is 406 g/mol. The zero-order valence-corrected chi connectivity index (χ0v) is 17.6. The summed E-state index contributed by atoms with van der Waals surface area (Å²) in [5.41, 5.74) is 0. The second-order valence-electron chi connectivity index (χ2n) is 6.74. The molecule has 1 aromatic rings. The van der Waals surface area contributed by atoms with Gasteiger partial charge in [-0.25, -0.2) is 8.42 Å². The summed E-state index contributed by atoms with van der Waals surface area (Å²) in [6.07, 6.45) is 1.59. The fourth-order valence-electron chi connectivity index (χ4n) is 3.50. The number of rotatable bonds is 7. The Morgan fingerprint density at radius 2 is 1.93 bits per heavy atom. The first kappa shape index (κ1) is 22.9. The lowest BCUT2D eigenvalue weighted by Crippen LogP contribution is -2.57. The largest absolute Gasteiger partial charge is 0.491 e. The zero-order chi connectivity index (χ0) is 19.3. The van der Waals surface area contributed by atoms with Gasteiger partial charge in [-0.3, -0.25) is 4.79 Å². The fourth-order valence-corrected chi connectivity index (χ4v) is 5.02. The van der Waals surface area contributed by atoms with Crippen LogP contribution in [0.2, 0.25) is 0 Å². The van der Waals surface area contributed by atoms with Crippen LogP contribution in [-0.4, -0.2) is 82.6 Å². The number of nitrogens with zero attached hydrogens (tertiary/aromatic N) is 2. The smallest absolute Gasteiger partial charge is 0.243 e. The summed E-state index contributed by atoms with van der Waals surface area (Å²) in [6, 6.07) is 6.39. The second kappa shape index (κ2) is 10.4. The van der Waals surface area contributed by atoms with E-state index in [4.69, 9.17) is 9.47 Å². The van der Waals surface area contributed by atoms with Crippen LogP contribution in [0.5, 0.6) is 5.75 Å². The van der Waals surface area contributed by atoms with Crippen molar-refractivity contribution in [1.29, 1.82) is 0 Å². The van der Waals surface area contributed by atoms with Gasteiger partial charge in [0, 0.05) is 39.3 Å². The minimum atomic E-state index is -3.59. The lowest BCUT2D eigenvalue weighted by molar-refractivity contribution is -0.135. The maximum Gasteiger partial charge on any atom is 0.243 e. The predicted octanol–water partition coefficient (Wildman–Crippen LogP) is 0.719. The molecule has 2 fully saturated rings. The van der Waals surface area contributed by atoms with Crippen LogP contribution >= 0.6 is 12.4 Å². The molecule has 0 spiro atoms. The van der Waals surface area contributed by atoms with Gasteiger partial charge in [0.25, 0.3) is 0 Å². The first-order chi connectivity index (χ1) is 13.0. The minimum Gasteiger partial charge on any atom is -0.491 e. The molecule has 1 N–H and O–H groups in total. The number of methoxy groups -OCH3 is 1. The number of halogens is 1. The maximum absolute atomic E-state index is 13.0. The van der Waals surface area contributed by atoms with Crippen LogP contribution in [0, 0.1) is 0 Å². The molecule has 1 atom stereocenters. The molecule has 10 heteroatoms. The van der Waals surface area contributed by atoms with E-state index in [2.05, 4.69) is 5.32 Å². The van der Waals surface area contributed by atoms with Gasteiger partial charge in [0.1, 0.15) is 12.4 Å². The first-order valence-corrected chi connectivity index (χ1v) is 10.7. The number of amides is 1. The van der Waals surface area contributed by atoms with Gasteiger partial charge in [-0.2, -0.15) is 4.31 Å². The molecule has 0 bridgehead atoms. The molecule has 1 unspecified atom stereocenters. The molecule has 2 heterocycles. The topological polar surface area (TPSA) is 88.2 Å². The Morgan fingerprint density at radius 3 is 2.61 bits per heavy atom. The number of carbonyl (C=O) groups excluding carboxylic acids is 1. The van der Waals surface area contributed by atoms with E-state index >= 15 is 0 Å². The monoisotopic (exact) mass is 433 g/mol. The lowest BCUT2D eigenvalue weighted by atomic mass is 10.1. The van der Waals surface area contributed by atoms with Gasteiger partial charge in [0.15, 0.2) is 0 Å². The Bertz CT molecular complexity index is 744. The van der Waals surface area contributed by atoms with Crippen LogP contribution in [0.4, 0.5) is 0 Å². The van der Waals surface area contributed by atoms with Crippen molar-refractivity contribution in [2.24, 2.45) is 0 Å². The van der Waals surface area contributed by atoms with Crippen molar-refractivity contribution in [2.45, 2.75) is 23.8 Å². The van der Waals surface area contributed by atoms with E-state index in [0.717, 1.165) is 19.4 Å². The summed E-state index contributed by atoms with van der Waals surface area (Å²) in [5, 5.41) is 3.05. The highest BCUT2D eigenvalue weighted by Crippen LogP contribution is 2.25. The van der Waals surface area contributed by atoms with Crippen molar-refractivity contribution < 1.29 is 22.7 Å². The van der Waals surface area contributed by atoms with Gasteiger partial charge in [-0.1, -0.05) is 0 Å². The average molecular weight is 434 g/mol. The van der Waals surface area contributed by atoms with Crippen molar-refractivity contribution in [1.82, 2.24) is 14.5 Å². The van der Waals surface area contributed by atoms with Crippen molar-refractivity contribution in [3.8, 4) is 5.75 Å². The number of nitrogens with one attached hydrogen (secondary N) is 1. The average Bonchev–Trinajstić information content (AvgIpc) is 2.69. The number of carbonyl (C=O) groups is 1. The molecule has 158 valence electrons. The highest BCUT2D eigenvalue weighted by molar-refractivity contribution is 7.89. The third kappa shape index (κ3) is 5.36. The van der Waals surface area contributed by atoms with E-state index in [1.165, 1.54) is 4.31 Å². The number of benzene rings is 1. The SMILES string of the molecule is COCCOc1ccc(S(=O)(=O)N2CCCC(N3CCNCC3=O)C2)cc1.Cl. The number of sulfonamides is 1. The molecule has 0 radical (unpaired) electrons. The number of hydrogen-bond donors (Lipinski definition) is 1. The summed E-state index contributed by atoms with van der Waals surface area (Å²) in [5.74, 6) is 0.650. The van der Waals surface area contributed by atoms with Crippen molar-refractivity contribution in [3.05, 3.63) is 24.3 Å². The number of piperidine rings is 1. The van der Waals surface area contributed by atoms with Gasteiger partial charge in [0.05, 0.1) is 18.0 Å². The van der Waals surface area contributed by atoms with E-state index in [-0.39, 0.29) is 29.3 Å². The van der Waals surface area contributed by atoms with Gasteiger partial charge in [-0.05, 0) is 37.1 Å². The number of ether oxygens (including phenoxy) is 2. The highest BCUT2D eigenvalue weighted by Gasteiger charge is 2.35. The number of hydrogen-bond acceptors (Lipinski definition) is 6. The Morgan fingerprint density at radius 1 is 1.18 bits per heavy atom. The quantitative estimate of drug-likeness (QED) is 0.637. The Kier molecular flexibility index (Phi) is 8.51. The van der Waals surface area contributed by atoms with E-state index in [9.17, 15) is 13.2 Å². The molecule has 3 rings (SSSR count). The zero-order valence-electron chi connectivity index (χ0n) is 16.0. The van der Waals surface area contributed by atoms with Crippen molar-refractivity contribution in [3.63, 3.8) is 0 Å². The standard InChI is InChI=1S/C18H27N3O5S.ClH/c1-25-11-12-26-16-4-6-17(7-5-16)27(23,24)20-9-2-3-15(14-20)21-10-8-19-13-18(21)22;/h4-7,15,19H,2-3,8-14H2,1H3;1H. The molecule has 2 saturated heterocycles. The summed E-state index contributed by atoms with van der Waals surface area (Å²) < 4.78 is 37.9. The van der Waals surface area contributed by atoms with E-state index < -0.39 is 10.0 Å². The molecule has 28 heavy (non-hydrogen) atoms. The van der Waals surface area contributed by atoms with E-state index in [1.54, 1.807) is 31.4 Å². The molecule has 1 amide bonds. The summed E-state index contributed by atoms with van der Waals surface area (Å²) in [6.45, 7) is 3.42. The van der Waals surface area contributed by atoms with Crippen LogP contribution in [-0.2, 0) is 19.6 Å². The molecular formula is C18H28ClN3O5S. The molecule has 0 saturated carbocycles. The molecule has 1 aromatic carbocycles. The molecule has 0 aromatic heterocycles. The molecule has 8 nitrogen and oxygen atoms in total. The lowest BCUT2D eigenvalue weighted by Gasteiger charge is -2.40. The molecule has 2 aliphatic rings. The Hall–Kier alpha value is -1.39. The third-order valence-corrected chi connectivity index (χ3v) is 6.82. The van der Waals surface area contributed by atoms with Crippen LogP contribution in [0.25, 0.3) is 0 Å². The summed E-state index contributed by atoms with van der Waals surface area (Å²) in [7, 11) is -2.00. The highest BCUT2D eigenvalue weighted by atomic mass is 35.5. The van der Waals surface area contributed by atoms with Gasteiger partial charge in [0.2, 0.25) is 15.9 Å².